The first-order valence-corrected chi connectivity index (χ1v) is 7.62. The van der Waals surface area contributed by atoms with Gasteiger partial charge in [0.25, 0.3) is 0 Å². The Bertz CT molecular complexity index is 609. The summed E-state index contributed by atoms with van der Waals surface area (Å²) in [4.78, 5) is 13.4. The van der Waals surface area contributed by atoms with Gasteiger partial charge in [-0.05, 0) is 33.3 Å². The van der Waals surface area contributed by atoms with E-state index in [4.69, 9.17) is 10.8 Å². The van der Waals surface area contributed by atoms with Crippen LogP contribution in [-0.2, 0) is 6.54 Å². The molecule has 5 nitrogen and oxygen atoms in total. The van der Waals surface area contributed by atoms with Gasteiger partial charge in [-0.15, -0.1) is 11.3 Å². The van der Waals surface area contributed by atoms with Gasteiger partial charge < -0.3 is 10.8 Å². The Hall–Kier alpha value is -1.24. The van der Waals surface area contributed by atoms with Crippen LogP contribution in [0.4, 0.5) is 5.82 Å². The summed E-state index contributed by atoms with van der Waals surface area (Å²) in [7, 11) is 0. The van der Waals surface area contributed by atoms with Gasteiger partial charge in [-0.2, -0.15) is 0 Å². The van der Waals surface area contributed by atoms with Crippen molar-refractivity contribution in [2.75, 3.05) is 18.9 Å². The zero-order valence-electron chi connectivity index (χ0n) is 12.5. The Morgan fingerprint density at radius 1 is 1.30 bits per heavy atom. The van der Waals surface area contributed by atoms with E-state index in [1.165, 1.54) is 10.4 Å². The van der Waals surface area contributed by atoms with Crippen molar-refractivity contribution in [2.24, 2.45) is 0 Å². The molecule has 2 aromatic rings. The average Bonchev–Trinajstić information content (AvgIpc) is 2.64. The molecule has 0 atom stereocenters. The highest BCUT2D eigenvalue weighted by Crippen LogP contribution is 2.31. The highest BCUT2D eigenvalue weighted by atomic mass is 32.1. The van der Waals surface area contributed by atoms with E-state index in [1.54, 1.807) is 11.3 Å². The molecular formula is C14H22N4OS. The molecule has 0 aliphatic carbocycles. The molecule has 0 aliphatic heterocycles. The first-order valence-electron chi connectivity index (χ1n) is 6.81. The monoisotopic (exact) mass is 294 g/mol. The summed E-state index contributed by atoms with van der Waals surface area (Å²) in [6.07, 6.45) is 0. The molecule has 0 saturated carbocycles. The van der Waals surface area contributed by atoms with E-state index in [2.05, 4.69) is 42.6 Å². The summed E-state index contributed by atoms with van der Waals surface area (Å²) in [5.74, 6) is 1.28. The van der Waals surface area contributed by atoms with Crippen LogP contribution in [0.2, 0.25) is 0 Å². The largest absolute Gasteiger partial charge is 0.395 e. The van der Waals surface area contributed by atoms with Crippen LogP contribution in [0.5, 0.6) is 0 Å². The van der Waals surface area contributed by atoms with E-state index >= 15 is 0 Å². The first kappa shape index (κ1) is 15.2. The number of nitrogens with zero attached hydrogens (tertiary/aromatic N) is 3. The van der Waals surface area contributed by atoms with Crippen molar-refractivity contribution in [3.05, 3.63) is 16.3 Å². The second-order valence-electron chi connectivity index (χ2n) is 5.28. The molecule has 0 aromatic carbocycles. The Balaban J connectivity index is 2.36. The van der Waals surface area contributed by atoms with Crippen LogP contribution >= 0.6 is 11.3 Å². The fourth-order valence-corrected chi connectivity index (χ4v) is 3.28. The van der Waals surface area contributed by atoms with Crippen LogP contribution in [-0.4, -0.2) is 39.2 Å². The molecule has 2 heterocycles. The number of aliphatic hydroxyl groups excluding tert-OH is 1. The summed E-state index contributed by atoms with van der Waals surface area (Å²) < 4.78 is 0. The second kappa shape index (κ2) is 6.03. The summed E-state index contributed by atoms with van der Waals surface area (Å²) in [6.45, 7) is 9.67. The van der Waals surface area contributed by atoms with Gasteiger partial charge >= 0.3 is 0 Å². The molecule has 2 aromatic heterocycles. The molecule has 0 spiro atoms. The minimum Gasteiger partial charge on any atom is -0.395 e. The van der Waals surface area contributed by atoms with E-state index in [9.17, 15) is 0 Å². The minimum absolute atomic E-state index is 0.132. The van der Waals surface area contributed by atoms with Crippen LogP contribution in [0.3, 0.4) is 0 Å². The Morgan fingerprint density at radius 2 is 2.00 bits per heavy atom. The highest BCUT2D eigenvalue weighted by Gasteiger charge is 2.15. The van der Waals surface area contributed by atoms with Gasteiger partial charge in [-0.3, -0.25) is 4.90 Å². The average molecular weight is 294 g/mol. The maximum absolute atomic E-state index is 9.12. The van der Waals surface area contributed by atoms with Gasteiger partial charge in [0.05, 0.1) is 18.5 Å². The Morgan fingerprint density at radius 3 is 2.60 bits per heavy atom. The number of nitrogens with two attached hydrogens (primary N) is 1. The van der Waals surface area contributed by atoms with Crippen molar-refractivity contribution < 1.29 is 5.11 Å². The molecule has 6 heteroatoms. The molecule has 110 valence electrons. The third-order valence-electron chi connectivity index (χ3n) is 3.56. The van der Waals surface area contributed by atoms with Crippen molar-refractivity contribution in [3.8, 4) is 0 Å². The SMILES string of the molecule is Cc1sc2nc(CN(CCO)C(C)C)nc(N)c2c1C. The summed E-state index contributed by atoms with van der Waals surface area (Å²) in [5.41, 5.74) is 7.26. The van der Waals surface area contributed by atoms with Crippen LogP contribution in [0, 0.1) is 13.8 Å². The highest BCUT2D eigenvalue weighted by molar-refractivity contribution is 7.18. The quantitative estimate of drug-likeness (QED) is 0.883. The molecule has 2 rings (SSSR count). The molecule has 0 amide bonds. The summed E-state index contributed by atoms with van der Waals surface area (Å²) in [6, 6.07) is 0.328. The van der Waals surface area contributed by atoms with E-state index < -0.39 is 0 Å². The molecule has 0 radical (unpaired) electrons. The topological polar surface area (TPSA) is 75.3 Å². The van der Waals surface area contributed by atoms with Gasteiger partial charge in [-0.25, -0.2) is 9.97 Å². The fraction of sp³-hybridized carbons (Fsp3) is 0.571. The second-order valence-corrected chi connectivity index (χ2v) is 6.48. The first-order chi connectivity index (χ1) is 9.43. The van der Waals surface area contributed by atoms with Crippen molar-refractivity contribution >= 4 is 27.4 Å². The number of hydrogen-bond donors (Lipinski definition) is 2. The number of hydrogen-bond acceptors (Lipinski definition) is 6. The van der Waals surface area contributed by atoms with Crippen LogP contribution in [0.25, 0.3) is 10.2 Å². The number of aryl methyl sites for hydroxylation is 2. The lowest BCUT2D eigenvalue weighted by atomic mass is 10.2. The third-order valence-corrected chi connectivity index (χ3v) is 4.67. The lowest BCUT2D eigenvalue weighted by Crippen LogP contribution is -2.33. The van der Waals surface area contributed by atoms with Gasteiger partial charge in [0.2, 0.25) is 0 Å². The lowest BCUT2D eigenvalue weighted by Gasteiger charge is -2.24. The third kappa shape index (κ3) is 2.92. The number of aromatic nitrogens is 2. The molecule has 0 aliphatic rings. The molecule has 0 unspecified atom stereocenters. The fourth-order valence-electron chi connectivity index (χ4n) is 2.23. The number of aliphatic hydroxyl groups is 1. The molecule has 0 bridgehead atoms. The molecule has 20 heavy (non-hydrogen) atoms. The summed E-state index contributed by atoms with van der Waals surface area (Å²) in [5, 5.41) is 10.1. The van der Waals surface area contributed by atoms with Crippen molar-refractivity contribution in [1.82, 2.24) is 14.9 Å². The molecule has 0 fully saturated rings. The van der Waals surface area contributed by atoms with Crippen LogP contribution < -0.4 is 5.73 Å². The number of rotatable bonds is 5. The van der Waals surface area contributed by atoms with Gasteiger partial charge in [0.1, 0.15) is 16.5 Å². The van der Waals surface area contributed by atoms with E-state index in [-0.39, 0.29) is 6.61 Å². The minimum atomic E-state index is 0.132. The molecular weight excluding hydrogens is 272 g/mol. The zero-order valence-corrected chi connectivity index (χ0v) is 13.3. The van der Waals surface area contributed by atoms with E-state index in [0.29, 0.717) is 24.9 Å². The number of nitrogen functional groups attached to an aromatic ring is 1. The maximum Gasteiger partial charge on any atom is 0.146 e. The maximum atomic E-state index is 9.12. The van der Waals surface area contributed by atoms with Crippen LogP contribution in [0.15, 0.2) is 0 Å². The lowest BCUT2D eigenvalue weighted by molar-refractivity contribution is 0.156. The van der Waals surface area contributed by atoms with Crippen molar-refractivity contribution in [1.29, 1.82) is 0 Å². The van der Waals surface area contributed by atoms with Gasteiger partial charge in [0.15, 0.2) is 0 Å². The number of anilines is 1. The van der Waals surface area contributed by atoms with Gasteiger partial charge in [0, 0.05) is 17.5 Å². The van der Waals surface area contributed by atoms with Gasteiger partial charge in [-0.1, -0.05) is 0 Å². The number of fused-ring (bicyclic) bond motifs is 1. The number of thiophene rings is 1. The zero-order chi connectivity index (χ0) is 14.9. The van der Waals surface area contributed by atoms with Crippen molar-refractivity contribution in [3.63, 3.8) is 0 Å². The standard InChI is InChI=1S/C14H22N4OS/c1-8(2)18(5-6-19)7-11-16-13(15)12-9(3)10(4)20-14(12)17-11/h8,19H,5-7H2,1-4H3,(H2,15,16,17). The van der Waals surface area contributed by atoms with E-state index in [0.717, 1.165) is 16.0 Å². The summed E-state index contributed by atoms with van der Waals surface area (Å²) >= 11 is 1.66. The molecule has 0 saturated heterocycles. The van der Waals surface area contributed by atoms with Crippen LogP contribution in [0.1, 0.15) is 30.1 Å². The Kier molecular flexibility index (Phi) is 4.57. The normalized spacial score (nSPS) is 11.9. The molecule has 3 N–H and O–H groups in total. The van der Waals surface area contributed by atoms with E-state index in [1.807, 2.05) is 0 Å². The predicted octanol–water partition coefficient (Wildman–Crippen LogP) is 2.09. The Labute approximate surface area is 123 Å². The smallest absolute Gasteiger partial charge is 0.146 e. The van der Waals surface area contributed by atoms with Crippen molar-refractivity contribution in [2.45, 2.75) is 40.3 Å². The predicted molar refractivity (Wildman–Crippen MR) is 83.9 cm³/mol.